The number of hydrogen-bond acceptors (Lipinski definition) is 7. The first-order valence-corrected chi connectivity index (χ1v) is 12.6. The van der Waals surface area contributed by atoms with Crippen molar-refractivity contribution in [2.24, 2.45) is 0 Å². The van der Waals surface area contributed by atoms with Crippen LogP contribution in [-0.2, 0) is 16.1 Å². The van der Waals surface area contributed by atoms with Gasteiger partial charge in [0.15, 0.2) is 0 Å². The second-order valence-electron chi connectivity index (χ2n) is 6.85. The maximum absolute atomic E-state index is 13.4. The van der Waals surface area contributed by atoms with E-state index >= 15 is 0 Å². The Bertz CT molecular complexity index is 952. The molecule has 1 amide bonds. The van der Waals surface area contributed by atoms with Gasteiger partial charge in [0.05, 0.1) is 17.3 Å². The molecule has 158 valence electrons. The highest BCUT2D eigenvalue weighted by atomic mass is 32.2. The van der Waals surface area contributed by atoms with E-state index in [1.807, 2.05) is 42.3 Å². The average molecular weight is 461 g/mol. The number of methoxy groups -OCH3 is 1. The molecule has 2 aromatic carbocycles. The predicted molar refractivity (Wildman–Crippen MR) is 127 cm³/mol. The average Bonchev–Trinajstić information content (AvgIpc) is 3.26. The van der Waals surface area contributed by atoms with Crippen molar-refractivity contribution < 1.29 is 14.3 Å². The maximum atomic E-state index is 13.4. The number of hydrogen-bond donors (Lipinski definition) is 0. The number of carbonyl (C=O) groups is 1. The summed E-state index contributed by atoms with van der Waals surface area (Å²) in [6, 6.07) is 16.2. The SMILES string of the molecule is COCCOc1ccc2c(c1)N(C)C(=C1SC(SC)N(Cc3ccccc3)C1=O)S2. The Kier molecular flexibility index (Phi) is 6.87. The molecule has 2 aliphatic heterocycles. The molecule has 0 saturated carbocycles. The summed E-state index contributed by atoms with van der Waals surface area (Å²) >= 11 is 5.00. The number of benzene rings is 2. The Morgan fingerprint density at radius 1 is 1.13 bits per heavy atom. The first-order chi connectivity index (χ1) is 14.6. The minimum absolute atomic E-state index is 0.0749. The summed E-state index contributed by atoms with van der Waals surface area (Å²) in [6.45, 7) is 1.68. The highest BCUT2D eigenvalue weighted by Gasteiger charge is 2.40. The molecule has 1 unspecified atom stereocenters. The van der Waals surface area contributed by atoms with Crippen LogP contribution in [0.1, 0.15) is 5.56 Å². The van der Waals surface area contributed by atoms with Gasteiger partial charge in [-0.3, -0.25) is 4.79 Å². The van der Waals surface area contributed by atoms with E-state index in [-0.39, 0.29) is 10.6 Å². The minimum atomic E-state index is 0.0749. The largest absolute Gasteiger partial charge is 0.491 e. The van der Waals surface area contributed by atoms with Gasteiger partial charge in [0.2, 0.25) is 0 Å². The van der Waals surface area contributed by atoms with E-state index in [4.69, 9.17) is 9.47 Å². The van der Waals surface area contributed by atoms with Gasteiger partial charge in [-0.15, -0.1) is 11.8 Å². The molecule has 2 aliphatic rings. The standard InChI is InChI=1S/C22H24N2O3S3/c1-23-17-13-16(27-12-11-26-2)9-10-18(17)29-21(23)19-20(25)24(22(28-3)30-19)14-15-7-5-4-6-8-15/h4-10,13,22H,11-12,14H2,1-3H3. The van der Waals surface area contributed by atoms with E-state index in [0.717, 1.165) is 31.8 Å². The summed E-state index contributed by atoms with van der Waals surface area (Å²) in [5.41, 5.74) is 2.21. The monoisotopic (exact) mass is 460 g/mol. The zero-order valence-corrected chi connectivity index (χ0v) is 19.6. The number of anilines is 1. The van der Waals surface area contributed by atoms with Crippen LogP contribution in [0.15, 0.2) is 63.4 Å². The Labute approximate surface area is 190 Å². The molecule has 5 nitrogen and oxygen atoms in total. The van der Waals surface area contributed by atoms with Gasteiger partial charge in [0, 0.05) is 31.7 Å². The second-order valence-corrected chi connectivity index (χ2v) is 10.2. The van der Waals surface area contributed by atoms with E-state index < -0.39 is 0 Å². The van der Waals surface area contributed by atoms with E-state index in [0.29, 0.717) is 19.8 Å². The van der Waals surface area contributed by atoms with Crippen LogP contribution in [0.5, 0.6) is 5.75 Å². The zero-order valence-electron chi connectivity index (χ0n) is 17.2. The van der Waals surface area contributed by atoms with E-state index in [9.17, 15) is 4.79 Å². The lowest BCUT2D eigenvalue weighted by molar-refractivity contribution is -0.125. The molecule has 0 N–H and O–H groups in total. The first-order valence-electron chi connectivity index (χ1n) is 9.58. The van der Waals surface area contributed by atoms with Crippen LogP contribution in [-0.4, -0.2) is 49.1 Å². The van der Waals surface area contributed by atoms with Crippen molar-refractivity contribution in [2.45, 2.75) is 16.1 Å². The Morgan fingerprint density at radius 3 is 2.67 bits per heavy atom. The highest BCUT2D eigenvalue weighted by Crippen LogP contribution is 2.52. The van der Waals surface area contributed by atoms with Crippen LogP contribution < -0.4 is 9.64 Å². The third-order valence-electron chi connectivity index (χ3n) is 4.88. The lowest BCUT2D eigenvalue weighted by Gasteiger charge is -2.21. The summed E-state index contributed by atoms with van der Waals surface area (Å²) in [5, 5.41) is 0.989. The number of rotatable bonds is 7. The first kappa shape index (κ1) is 21.5. The number of fused-ring (bicyclic) bond motifs is 1. The van der Waals surface area contributed by atoms with Crippen LogP contribution in [0.2, 0.25) is 0 Å². The summed E-state index contributed by atoms with van der Waals surface area (Å²) < 4.78 is 10.9. The molecule has 1 saturated heterocycles. The fraction of sp³-hybridized carbons (Fsp3) is 0.318. The molecule has 2 heterocycles. The van der Waals surface area contributed by atoms with Crippen molar-refractivity contribution in [1.29, 1.82) is 0 Å². The molecule has 1 fully saturated rings. The van der Waals surface area contributed by atoms with Crippen LogP contribution in [0.25, 0.3) is 0 Å². The van der Waals surface area contributed by atoms with Crippen molar-refractivity contribution in [3.63, 3.8) is 0 Å². The molecule has 8 heteroatoms. The maximum Gasteiger partial charge on any atom is 0.264 e. The van der Waals surface area contributed by atoms with E-state index in [2.05, 4.69) is 29.4 Å². The van der Waals surface area contributed by atoms with E-state index in [1.54, 1.807) is 42.4 Å². The molecule has 0 aromatic heterocycles. The fourth-order valence-corrected chi connectivity index (χ4v) is 6.73. The molecule has 4 rings (SSSR count). The number of amides is 1. The van der Waals surface area contributed by atoms with Gasteiger partial charge in [0.25, 0.3) is 5.91 Å². The smallest absolute Gasteiger partial charge is 0.264 e. The predicted octanol–water partition coefficient (Wildman–Crippen LogP) is 4.85. The molecule has 30 heavy (non-hydrogen) atoms. The van der Waals surface area contributed by atoms with Gasteiger partial charge in [-0.25, -0.2) is 0 Å². The molecular weight excluding hydrogens is 436 g/mol. The third kappa shape index (κ3) is 4.32. The van der Waals surface area contributed by atoms with Gasteiger partial charge in [-0.2, -0.15) is 0 Å². The molecule has 0 spiro atoms. The Hall–Kier alpha value is -1.74. The highest BCUT2D eigenvalue weighted by molar-refractivity contribution is 8.19. The van der Waals surface area contributed by atoms with Crippen molar-refractivity contribution in [2.75, 3.05) is 38.5 Å². The van der Waals surface area contributed by atoms with Crippen molar-refractivity contribution in [3.8, 4) is 5.75 Å². The molecule has 0 bridgehead atoms. The van der Waals surface area contributed by atoms with Crippen LogP contribution in [0, 0.1) is 0 Å². The van der Waals surface area contributed by atoms with Crippen LogP contribution >= 0.6 is 35.3 Å². The number of nitrogens with zero attached hydrogens (tertiary/aromatic N) is 2. The minimum Gasteiger partial charge on any atom is -0.491 e. The molecular formula is C22H24N2O3S3. The molecule has 2 aromatic rings. The zero-order chi connectivity index (χ0) is 21.1. The van der Waals surface area contributed by atoms with Crippen molar-refractivity contribution in [1.82, 2.24) is 4.90 Å². The van der Waals surface area contributed by atoms with Gasteiger partial charge in [-0.1, -0.05) is 53.9 Å². The third-order valence-corrected chi connectivity index (χ3v) is 8.83. The second kappa shape index (κ2) is 9.60. The quantitative estimate of drug-likeness (QED) is 0.432. The molecule has 1 atom stereocenters. The summed E-state index contributed by atoms with van der Waals surface area (Å²) in [4.78, 5) is 19.4. The Morgan fingerprint density at radius 2 is 1.93 bits per heavy atom. The van der Waals surface area contributed by atoms with Gasteiger partial charge >= 0.3 is 0 Å². The molecule has 0 aliphatic carbocycles. The van der Waals surface area contributed by atoms with E-state index in [1.165, 1.54) is 0 Å². The summed E-state index contributed by atoms with van der Waals surface area (Å²) in [6.07, 6.45) is 2.06. The number of ether oxygens (including phenoxy) is 2. The van der Waals surface area contributed by atoms with Crippen LogP contribution in [0.4, 0.5) is 5.69 Å². The summed E-state index contributed by atoms with van der Waals surface area (Å²) in [7, 11) is 3.68. The van der Waals surface area contributed by atoms with Gasteiger partial charge in [0.1, 0.15) is 22.0 Å². The Balaban J connectivity index is 1.57. The lowest BCUT2D eigenvalue weighted by atomic mass is 10.2. The number of thioether (sulfide) groups is 3. The van der Waals surface area contributed by atoms with Crippen LogP contribution in [0.3, 0.4) is 0 Å². The normalized spacial score (nSPS) is 20.8. The lowest BCUT2D eigenvalue weighted by Crippen LogP contribution is -2.30. The molecule has 0 radical (unpaired) electrons. The topological polar surface area (TPSA) is 42.0 Å². The van der Waals surface area contributed by atoms with Crippen molar-refractivity contribution in [3.05, 3.63) is 64.0 Å². The van der Waals surface area contributed by atoms with Gasteiger partial charge in [-0.05, 0) is 24.0 Å². The van der Waals surface area contributed by atoms with Crippen molar-refractivity contribution >= 4 is 46.9 Å². The number of carbonyl (C=O) groups excluding carboxylic acids is 1. The fourth-order valence-electron chi connectivity index (χ4n) is 3.34. The summed E-state index contributed by atoms with van der Waals surface area (Å²) in [5.74, 6) is 0.907. The van der Waals surface area contributed by atoms with Gasteiger partial charge < -0.3 is 19.3 Å².